The van der Waals surface area contributed by atoms with E-state index in [2.05, 4.69) is 38.2 Å². The largest absolute Gasteiger partial charge is 0.462 e. The Bertz CT molecular complexity index is 675. The van der Waals surface area contributed by atoms with Gasteiger partial charge in [-0.2, -0.15) is 0 Å². The van der Waals surface area contributed by atoms with Crippen molar-refractivity contribution < 1.29 is 19.1 Å². The monoisotopic (exact) mass is 639 g/mol. The van der Waals surface area contributed by atoms with Crippen molar-refractivity contribution in [1.82, 2.24) is 0 Å². The number of esters is 2. The molecule has 5 heteroatoms. The third-order valence-corrected chi connectivity index (χ3v) is 8.56. The Morgan fingerprint density at radius 1 is 0.523 bits per heavy atom. The van der Waals surface area contributed by atoms with Crippen molar-refractivity contribution in [2.75, 3.05) is 12.5 Å². The molecule has 0 N–H and O–H groups in total. The predicted octanol–water partition coefficient (Wildman–Crippen LogP) is 12.8. The molecule has 0 rings (SSSR count). The molecule has 0 aromatic heterocycles. The highest BCUT2D eigenvalue weighted by Crippen LogP contribution is 2.14. The van der Waals surface area contributed by atoms with Gasteiger partial charge in [0.25, 0.3) is 0 Å². The normalized spacial score (nSPS) is 12.3. The fraction of sp³-hybridized carbons (Fsp3) is 0.846. The molecule has 0 spiro atoms. The molecule has 44 heavy (non-hydrogen) atoms. The Morgan fingerprint density at radius 3 is 1.39 bits per heavy atom. The molecule has 0 saturated carbocycles. The fourth-order valence-corrected chi connectivity index (χ4v) is 5.49. The van der Waals surface area contributed by atoms with Crippen LogP contribution in [0.1, 0.15) is 194 Å². The molecule has 4 nitrogen and oxygen atoms in total. The molecular weight excluding hydrogens is 568 g/mol. The Hall–Kier alpha value is -1.29. The molecule has 0 fully saturated rings. The maximum Gasteiger partial charge on any atom is 0.306 e. The van der Waals surface area contributed by atoms with E-state index >= 15 is 0 Å². The van der Waals surface area contributed by atoms with Gasteiger partial charge < -0.3 is 9.47 Å². The summed E-state index contributed by atoms with van der Waals surface area (Å²) >= 11 is 5.96. The molecule has 0 amide bonds. The number of alkyl halides is 1. The van der Waals surface area contributed by atoms with E-state index in [0.717, 1.165) is 44.9 Å². The number of carbonyl (C=O) groups excluding carboxylic acids is 2. The number of rotatable bonds is 34. The van der Waals surface area contributed by atoms with Crippen LogP contribution in [-0.4, -0.2) is 30.5 Å². The molecule has 0 aliphatic rings. The van der Waals surface area contributed by atoms with Gasteiger partial charge in [0, 0.05) is 12.8 Å². The average Bonchev–Trinajstić information content (AvgIpc) is 3.02. The number of ether oxygens (including phenoxy) is 2. The third kappa shape index (κ3) is 33.6. The van der Waals surface area contributed by atoms with Crippen LogP contribution in [0.25, 0.3) is 0 Å². The van der Waals surface area contributed by atoms with E-state index in [1.807, 2.05) is 0 Å². The molecule has 0 aromatic carbocycles. The van der Waals surface area contributed by atoms with Gasteiger partial charge in [0.1, 0.15) is 12.7 Å². The second-order valence-corrected chi connectivity index (χ2v) is 12.9. The van der Waals surface area contributed by atoms with Crippen LogP contribution < -0.4 is 0 Å². The smallest absolute Gasteiger partial charge is 0.306 e. The summed E-state index contributed by atoms with van der Waals surface area (Å²) in [6.07, 6.45) is 41.5. The molecule has 0 radical (unpaired) electrons. The van der Waals surface area contributed by atoms with E-state index in [0.29, 0.717) is 12.8 Å². The van der Waals surface area contributed by atoms with Crippen LogP contribution in [0.2, 0.25) is 0 Å². The summed E-state index contributed by atoms with van der Waals surface area (Å²) in [7, 11) is 0. The standard InChI is InChI=1S/C39H71ClO4/c1-3-5-7-9-11-13-15-17-19-21-23-25-27-29-31-33-38(41)43-36-37(35-40)44-39(42)34-32-30-28-26-24-22-20-18-16-14-12-10-8-6-4-2/h11,13,17,19,37H,3-10,12,14-16,18,20-36H2,1-2H3. The highest BCUT2D eigenvalue weighted by atomic mass is 35.5. The number of hydrogen-bond donors (Lipinski definition) is 0. The topological polar surface area (TPSA) is 52.6 Å². The molecule has 0 bridgehead atoms. The molecule has 1 unspecified atom stereocenters. The minimum atomic E-state index is -0.561. The SMILES string of the molecule is CCCCCC=CCC=CCCCCCCCC(=O)OCC(CCl)OC(=O)CCCCCCCCCCCCCCCCC. The molecule has 0 aromatic rings. The summed E-state index contributed by atoms with van der Waals surface area (Å²) in [4.78, 5) is 24.3. The highest BCUT2D eigenvalue weighted by molar-refractivity contribution is 6.18. The Kier molecular flexibility index (Phi) is 35.1. The minimum absolute atomic E-state index is 0.0488. The molecule has 0 saturated heterocycles. The Balaban J connectivity index is 3.56. The van der Waals surface area contributed by atoms with E-state index < -0.39 is 6.10 Å². The summed E-state index contributed by atoms with van der Waals surface area (Å²) in [6.45, 7) is 4.56. The summed E-state index contributed by atoms with van der Waals surface area (Å²) in [5.41, 5.74) is 0. The lowest BCUT2D eigenvalue weighted by atomic mass is 10.0. The van der Waals surface area contributed by atoms with E-state index in [4.69, 9.17) is 21.1 Å². The summed E-state index contributed by atoms with van der Waals surface area (Å²) in [6, 6.07) is 0. The highest BCUT2D eigenvalue weighted by Gasteiger charge is 2.16. The van der Waals surface area contributed by atoms with Gasteiger partial charge in [0.05, 0.1) is 5.88 Å². The molecular formula is C39H71ClO4. The van der Waals surface area contributed by atoms with Gasteiger partial charge in [0.15, 0.2) is 0 Å². The summed E-state index contributed by atoms with van der Waals surface area (Å²) < 4.78 is 10.8. The van der Waals surface area contributed by atoms with Crippen molar-refractivity contribution in [3.05, 3.63) is 24.3 Å². The molecule has 1 atom stereocenters. The second kappa shape index (κ2) is 36.2. The van der Waals surface area contributed by atoms with Crippen LogP contribution in [0.15, 0.2) is 24.3 Å². The van der Waals surface area contributed by atoms with Gasteiger partial charge in [-0.05, 0) is 44.9 Å². The van der Waals surface area contributed by atoms with E-state index in [1.165, 1.54) is 122 Å². The zero-order chi connectivity index (χ0) is 32.2. The summed E-state index contributed by atoms with van der Waals surface area (Å²) in [5.74, 6) is -0.332. The first kappa shape index (κ1) is 42.7. The maximum absolute atomic E-state index is 12.2. The average molecular weight is 639 g/mol. The molecule has 0 aliphatic heterocycles. The molecule has 0 aliphatic carbocycles. The van der Waals surface area contributed by atoms with Crippen LogP contribution in [0, 0.1) is 0 Å². The fourth-order valence-electron chi connectivity index (χ4n) is 5.33. The zero-order valence-electron chi connectivity index (χ0n) is 29.1. The van der Waals surface area contributed by atoms with E-state index in [1.54, 1.807) is 0 Å². The van der Waals surface area contributed by atoms with Gasteiger partial charge in [-0.15, -0.1) is 11.6 Å². The third-order valence-electron chi connectivity index (χ3n) is 8.22. The predicted molar refractivity (Wildman–Crippen MR) is 190 cm³/mol. The lowest BCUT2D eigenvalue weighted by Gasteiger charge is -2.15. The van der Waals surface area contributed by atoms with Crippen molar-refractivity contribution in [2.45, 2.75) is 200 Å². The zero-order valence-corrected chi connectivity index (χ0v) is 29.9. The molecule has 258 valence electrons. The second-order valence-electron chi connectivity index (χ2n) is 12.6. The van der Waals surface area contributed by atoms with E-state index in [9.17, 15) is 9.59 Å². The van der Waals surface area contributed by atoms with Gasteiger partial charge in [-0.1, -0.05) is 160 Å². The van der Waals surface area contributed by atoms with Crippen molar-refractivity contribution in [2.24, 2.45) is 0 Å². The van der Waals surface area contributed by atoms with Crippen molar-refractivity contribution in [3.8, 4) is 0 Å². The lowest BCUT2D eigenvalue weighted by molar-refractivity contribution is -0.157. The minimum Gasteiger partial charge on any atom is -0.462 e. The van der Waals surface area contributed by atoms with Gasteiger partial charge in [0.2, 0.25) is 0 Å². The Labute approximate surface area is 278 Å². The number of halogens is 1. The van der Waals surface area contributed by atoms with Crippen LogP contribution in [0.5, 0.6) is 0 Å². The maximum atomic E-state index is 12.2. The summed E-state index contributed by atoms with van der Waals surface area (Å²) in [5, 5.41) is 0. The first-order valence-electron chi connectivity index (χ1n) is 18.8. The quantitative estimate of drug-likeness (QED) is 0.0304. The van der Waals surface area contributed by atoms with Crippen LogP contribution >= 0.6 is 11.6 Å². The molecule has 0 heterocycles. The number of carbonyl (C=O) groups is 2. The van der Waals surface area contributed by atoms with Crippen molar-refractivity contribution in [1.29, 1.82) is 0 Å². The van der Waals surface area contributed by atoms with Crippen molar-refractivity contribution in [3.63, 3.8) is 0 Å². The number of allylic oxidation sites excluding steroid dienone is 4. The number of unbranched alkanes of at least 4 members (excludes halogenated alkanes) is 22. The van der Waals surface area contributed by atoms with Crippen LogP contribution in [0.3, 0.4) is 0 Å². The van der Waals surface area contributed by atoms with E-state index in [-0.39, 0.29) is 24.4 Å². The number of hydrogen-bond acceptors (Lipinski definition) is 4. The van der Waals surface area contributed by atoms with Crippen molar-refractivity contribution >= 4 is 23.5 Å². The van der Waals surface area contributed by atoms with Gasteiger partial charge >= 0.3 is 11.9 Å². The van der Waals surface area contributed by atoms with Crippen LogP contribution in [-0.2, 0) is 19.1 Å². The van der Waals surface area contributed by atoms with Gasteiger partial charge in [-0.3, -0.25) is 9.59 Å². The van der Waals surface area contributed by atoms with Gasteiger partial charge in [-0.25, -0.2) is 0 Å². The first-order chi connectivity index (χ1) is 21.6. The van der Waals surface area contributed by atoms with Crippen LogP contribution in [0.4, 0.5) is 0 Å². The lowest BCUT2D eigenvalue weighted by Crippen LogP contribution is -2.26. The Morgan fingerprint density at radius 2 is 0.909 bits per heavy atom. The first-order valence-corrected chi connectivity index (χ1v) is 19.4.